The van der Waals surface area contributed by atoms with E-state index in [0.29, 0.717) is 36.3 Å². The molecule has 3 heterocycles. The largest absolute Gasteiger partial charge is 0.415 e. The number of likely N-dealkylation sites (tertiary alicyclic amines) is 1. The summed E-state index contributed by atoms with van der Waals surface area (Å²) in [5, 5.41) is 0.701. The predicted octanol–water partition coefficient (Wildman–Crippen LogP) is 4.16. The van der Waals surface area contributed by atoms with Crippen molar-refractivity contribution in [1.82, 2.24) is 9.88 Å². The van der Waals surface area contributed by atoms with Crippen LogP contribution in [0.25, 0.3) is 0 Å². The number of carbonyl (C=O) groups is 1. The van der Waals surface area contributed by atoms with Gasteiger partial charge < -0.3 is 9.64 Å². The molecule has 144 valence electrons. The second-order valence-electron chi connectivity index (χ2n) is 7.01. The average molecular weight is 397 g/mol. The second-order valence-corrected chi connectivity index (χ2v) is 7.45. The van der Waals surface area contributed by atoms with E-state index in [9.17, 15) is 4.79 Å². The summed E-state index contributed by atoms with van der Waals surface area (Å²) in [4.78, 5) is 27.6. The number of amidine groups is 1. The molecule has 1 fully saturated rings. The quantitative estimate of drug-likeness (QED) is 0.782. The molecular formula is C21H21ClN4O2. The molecule has 1 aromatic heterocycles. The number of benzene rings is 1. The number of aryl methyl sites for hydroxylation is 1. The number of nitrogens with zero attached hydrogens (tertiary/aromatic N) is 4. The van der Waals surface area contributed by atoms with Gasteiger partial charge in [0.2, 0.25) is 0 Å². The van der Waals surface area contributed by atoms with E-state index in [1.54, 1.807) is 17.2 Å². The fraction of sp³-hybridized carbons (Fsp3) is 0.333. The average Bonchev–Trinajstić information content (AvgIpc) is 3.20. The summed E-state index contributed by atoms with van der Waals surface area (Å²) in [6.07, 6.45) is 2.98. The molecule has 7 heteroatoms. The standard InChI is InChI=1S/C21H21ClN4O2/c1-14-2-7-18(12-23-14)28-21(27)26-10-8-15(9-11-26)19-13-24-20(25-19)16-3-5-17(22)6-4-16/h2-7,12,15H,8-11,13H2,1H3. The van der Waals surface area contributed by atoms with Crippen molar-refractivity contribution in [2.45, 2.75) is 19.8 Å². The number of halogens is 1. The van der Waals surface area contributed by atoms with Crippen molar-refractivity contribution < 1.29 is 9.53 Å². The van der Waals surface area contributed by atoms with E-state index in [0.717, 1.165) is 35.6 Å². The van der Waals surface area contributed by atoms with Crippen LogP contribution in [-0.2, 0) is 0 Å². The van der Waals surface area contributed by atoms with E-state index < -0.39 is 0 Å². The maximum Gasteiger partial charge on any atom is 0.415 e. The molecule has 0 radical (unpaired) electrons. The van der Waals surface area contributed by atoms with Gasteiger partial charge in [0.15, 0.2) is 11.6 Å². The highest BCUT2D eigenvalue weighted by atomic mass is 35.5. The number of hydrogen-bond donors (Lipinski definition) is 0. The van der Waals surface area contributed by atoms with E-state index in [2.05, 4.69) is 9.98 Å². The van der Waals surface area contributed by atoms with Gasteiger partial charge in [-0.2, -0.15) is 0 Å². The predicted molar refractivity (Wildman–Crippen MR) is 110 cm³/mol. The smallest absolute Gasteiger partial charge is 0.409 e. The minimum absolute atomic E-state index is 0.324. The molecule has 4 rings (SSSR count). The van der Waals surface area contributed by atoms with Crippen LogP contribution in [0.2, 0.25) is 5.02 Å². The van der Waals surface area contributed by atoms with Crippen molar-refractivity contribution in [2.24, 2.45) is 15.9 Å². The molecule has 0 bridgehead atoms. The van der Waals surface area contributed by atoms with Gasteiger partial charge in [-0.1, -0.05) is 11.6 Å². The Hall–Kier alpha value is -2.73. The molecular weight excluding hydrogens is 376 g/mol. The fourth-order valence-corrected chi connectivity index (χ4v) is 3.54. The van der Waals surface area contributed by atoms with E-state index in [4.69, 9.17) is 21.3 Å². The Morgan fingerprint density at radius 3 is 2.57 bits per heavy atom. The monoisotopic (exact) mass is 396 g/mol. The van der Waals surface area contributed by atoms with Crippen molar-refractivity contribution in [3.8, 4) is 5.75 Å². The molecule has 0 N–H and O–H groups in total. The molecule has 1 amide bonds. The molecule has 6 nitrogen and oxygen atoms in total. The number of piperidine rings is 1. The van der Waals surface area contributed by atoms with Gasteiger partial charge >= 0.3 is 6.09 Å². The van der Waals surface area contributed by atoms with Crippen LogP contribution in [0.15, 0.2) is 52.6 Å². The number of aliphatic imine (C=N–C) groups is 2. The van der Waals surface area contributed by atoms with Crippen LogP contribution in [0.4, 0.5) is 4.79 Å². The Balaban J connectivity index is 1.32. The molecule has 1 aromatic carbocycles. The minimum atomic E-state index is -0.324. The molecule has 2 aliphatic heterocycles. The van der Waals surface area contributed by atoms with Crippen LogP contribution < -0.4 is 4.74 Å². The summed E-state index contributed by atoms with van der Waals surface area (Å²) in [7, 11) is 0. The van der Waals surface area contributed by atoms with E-state index in [-0.39, 0.29) is 6.09 Å². The van der Waals surface area contributed by atoms with Gasteiger partial charge in [0.1, 0.15) is 0 Å². The molecule has 0 spiro atoms. The van der Waals surface area contributed by atoms with Gasteiger partial charge in [0.05, 0.1) is 12.7 Å². The summed E-state index contributed by atoms with van der Waals surface area (Å²) < 4.78 is 5.41. The van der Waals surface area contributed by atoms with Crippen molar-refractivity contribution in [3.63, 3.8) is 0 Å². The van der Waals surface area contributed by atoms with Gasteiger partial charge in [-0.05, 0) is 56.2 Å². The SMILES string of the molecule is Cc1ccc(OC(=O)N2CCC(C3=NC(c4ccc(Cl)cc4)=NC3)CC2)cn1. The second kappa shape index (κ2) is 8.10. The number of hydrogen-bond acceptors (Lipinski definition) is 5. The Labute approximate surface area is 168 Å². The first-order chi connectivity index (χ1) is 13.6. The summed E-state index contributed by atoms with van der Waals surface area (Å²) >= 11 is 5.94. The maximum absolute atomic E-state index is 12.4. The minimum Gasteiger partial charge on any atom is -0.409 e. The van der Waals surface area contributed by atoms with Crippen LogP contribution in [0.1, 0.15) is 24.1 Å². The van der Waals surface area contributed by atoms with Crippen LogP contribution in [0, 0.1) is 12.8 Å². The summed E-state index contributed by atoms with van der Waals surface area (Å²) in [5.74, 6) is 1.58. The highest BCUT2D eigenvalue weighted by molar-refractivity contribution is 6.30. The van der Waals surface area contributed by atoms with Gasteiger partial charge in [-0.3, -0.25) is 9.98 Å². The summed E-state index contributed by atoms with van der Waals surface area (Å²) in [5.41, 5.74) is 2.96. The fourth-order valence-electron chi connectivity index (χ4n) is 3.41. The number of carbonyl (C=O) groups excluding carboxylic acids is 1. The molecule has 0 aliphatic carbocycles. The normalized spacial score (nSPS) is 17.3. The van der Waals surface area contributed by atoms with E-state index in [1.807, 2.05) is 37.3 Å². The third kappa shape index (κ3) is 4.22. The third-order valence-electron chi connectivity index (χ3n) is 5.06. The van der Waals surface area contributed by atoms with Gasteiger partial charge in [0.25, 0.3) is 0 Å². The zero-order valence-corrected chi connectivity index (χ0v) is 16.4. The van der Waals surface area contributed by atoms with Crippen molar-refractivity contribution in [2.75, 3.05) is 19.6 Å². The lowest BCUT2D eigenvalue weighted by Gasteiger charge is -2.31. The molecule has 2 aromatic rings. The van der Waals surface area contributed by atoms with Crippen LogP contribution in [0.5, 0.6) is 5.75 Å². The van der Waals surface area contributed by atoms with Gasteiger partial charge in [0, 0.05) is 41.0 Å². The lowest BCUT2D eigenvalue weighted by atomic mass is 9.92. The Morgan fingerprint density at radius 2 is 1.89 bits per heavy atom. The number of aromatic nitrogens is 1. The highest BCUT2D eigenvalue weighted by Gasteiger charge is 2.28. The lowest BCUT2D eigenvalue weighted by Crippen LogP contribution is -2.41. The number of rotatable bonds is 3. The number of ether oxygens (including phenoxy) is 1. The topological polar surface area (TPSA) is 67.2 Å². The van der Waals surface area contributed by atoms with Gasteiger partial charge in [-0.25, -0.2) is 9.79 Å². The van der Waals surface area contributed by atoms with Crippen LogP contribution in [0.3, 0.4) is 0 Å². The number of amides is 1. The first kappa shape index (κ1) is 18.6. The molecule has 0 atom stereocenters. The molecule has 0 unspecified atom stereocenters. The van der Waals surface area contributed by atoms with E-state index >= 15 is 0 Å². The lowest BCUT2D eigenvalue weighted by molar-refractivity contribution is 0.137. The maximum atomic E-state index is 12.4. The highest BCUT2D eigenvalue weighted by Crippen LogP contribution is 2.23. The van der Waals surface area contributed by atoms with Crippen molar-refractivity contribution >= 4 is 29.2 Å². The zero-order valence-electron chi connectivity index (χ0n) is 15.6. The Morgan fingerprint density at radius 1 is 1.14 bits per heavy atom. The molecule has 2 aliphatic rings. The molecule has 1 saturated heterocycles. The van der Waals surface area contributed by atoms with Crippen molar-refractivity contribution in [1.29, 1.82) is 0 Å². The Kier molecular flexibility index (Phi) is 5.39. The van der Waals surface area contributed by atoms with Crippen LogP contribution >= 0.6 is 11.6 Å². The first-order valence-electron chi connectivity index (χ1n) is 9.36. The zero-order chi connectivity index (χ0) is 19.5. The summed E-state index contributed by atoms with van der Waals surface area (Å²) in [6, 6.07) is 11.2. The first-order valence-corrected chi connectivity index (χ1v) is 9.73. The van der Waals surface area contributed by atoms with Gasteiger partial charge in [-0.15, -0.1) is 0 Å². The number of pyridine rings is 1. The summed E-state index contributed by atoms with van der Waals surface area (Å²) in [6.45, 7) is 3.82. The Bertz CT molecular complexity index is 914. The van der Waals surface area contributed by atoms with Crippen LogP contribution in [-0.4, -0.2) is 47.2 Å². The van der Waals surface area contributed by atoms with Crippen molar-refractivity contribution in [3.05, 3.63) is 58.9 Å². The van der Waals surface area contributed by atoms with E-state index in [1.165, 1.54) is 0 Å². The molecule has 28 heavy (non-hydrogen) atoms. The third-order valence-corrected chi connectivity index (χ3v) is 5.31. The molecule has 0 saturated carbocycles.